The van der Waals surface area contributed by atoms with Gasteiger partial charge in [-0.1, -0.05) is 11.3 Å². The van der Waals surface area contributed by atoms with E-state index in [-0.39, 0.29) is 5.91 Å². The van der Waals surface area contributed by atoms with Crippen LogP contribution in [-0.2, 0) is 6.54 Å². The number of hydrogen-bond donors (Lipinski definition) is 1. The van der Waals surface area contributed by atoms with Crippen LogP contribution in [0.15, 0.2) is 30.6 Å². The van der Waals surface area contributed by atoms with Crippen molar-refractivity contribution in [2.24, 2.45) is 0 Å². The zero-order chi connectivity index (χ0) is 16.0. The summed E-state index contributed by atoms with van der Waals surface area (Å²) in [6.07, 6.45) is 3.36. The van der Waals surface area contributed by atoms with Crippen molar-refractivity contribution in [2.75, 3.05) is 12.0 Å². The number of amides is 1. The summed E-state index contributed by atoms with van der Waals surface area (Å²) in [5.41, 5.74) is 4.06. The summed E-state index contributed by atoms with van der Waals surface area (Å²) in [6.45, 7) is 2.41. The van der Waals surface area contributed by atoms with Gasteiger partial charge in [0, 0.05) is 6.20 Å². The van der Waals surface area contributed by atoms with Gasteiger partial charge >= 0.3 is 0 Å². The van der Waals surface area contributed by atoms with E-state index in [1.54, 1.807) is 35.7 Å². The fourth-order valence-corrected chi connectivity index (χ4v) is 3.58. The van der Waals surface area contributed by atoms with Crippen molar-refractivity contribution in [3.63, 3.8) is 0 Å². The zero-order valence-electron chi connectivity index (χ0n) is 12.7. The van der Waals surface area contributed by atoms with Gasteiger partial charge in [-0.25, -0.2) is 4.98 Å². The molecule has 0 aliphatic carbocycles. The van der Waals surface area contributed by atoms with Crippen LogP contribution in [0.1, 0.15) is 21.6 Å². The predicted molar refractivity (Wildman–Crippen MR) is 87.9 cm³/mol. The molecule has 3 aromatic heterocycles. The quantitative estimate of drug-likeness (QED) is 0.803. The average Bonchev–Trinajstić information content (AvgIpc) is 3.26. The predicted octanol–water partition coefficient (Wildman–Crippen LogP) is 3.01. The van der Waals surface area contributed by atoms with E-state index in [2.05, 4.69) is 10.2 Å². The Balaban J connectivity index is 1.76. The van der Waals surface area contributed by atoms with E-state index in [4.69, 9.17) is 9.72 Å². The molecule has 7 heteroatoms. The van der Waals surface area contributed by atoms with Crippen molar-refractivity contribution in [2.45, 2.75) is 13.5 Å². The lowest BCUT2D eigenvalue weighted by Crippen LogP contribution is -2.22. The van der Waals surface area contributed by atoms with Crippen molar-refractivity contribution in [3.05, 3.63) is 47.4 Å². The second-order valence-corrected chi connectivity index (χ2v) is 6.36. The van der Waals surface area contributed by atoms with Crippen LogP contribution in [-0.4, -0.2) is 28.2 Å². The van der Waals surface area contributed by atoms with E-state index in [1.807, 2.05) is 25.1 Å². The van der Waals surface area contributed by atoms with Crippen molar-refractivity contribution in [1.82, 2.24) is 15.2 Å². The van der Waals surface area contributed by atoms with E-state index >= 15 is 0 Å². The number of thiophene rings is 1. The molecular formula is C16H14N4O2S. The minimum absolute atomic E-state index is 0.0262. The van der Waals surface area contributed by atoms with E-state index in [9.17, 15) is 4.79 Å². The lowest BCUT2D eigenvalue weighted by molar-refractivity contribution is 0.0996. The molecule has 0 atom stereocenters. The molecule has 1 amide bonds. The first-order valence-corrected chi connectivity index (χ1v) is 7.94. The van der Waals surface area contributed by atoms with Crippen LogP contribution >= 0.6 is 11.3 Å². The first kappa shape index (κ1) is 14.0. The number of rotatable bonds is 3. The number of methoxy groups -OCH3 is 1. The van der Waals surface area contributed by atoms with Crippen LogP contribution < -0.4 is 9.64 Å². The van der Waals surface area contributed by atoms with Gasteiger partial charge in [0.05, 0.1) is 47.4 Å². The number of carbonyl (C=O) groups excluding carboxylic acids is 1. The molecule has 4 rings (SSSR count). The number of hydrogen-bond acceptors (Lipinski definition) is 5. The molecule has 0 radical (unpaired) electrons. The third-order valence-corrected chi connectivity index (χ3v) is 4.96. The standard InChI is InChI=1S/C16H14N4O2S/c1-9-5-11(13-3-4-14(22-2)23-13)19-12-8-20(16(21)15(9)12)10-6-17-18-7-10/h3-7H,8H2,1-2H3,(H,17,18). The summed E-state index contributed by atoms with van der Waals surface area (Å²) in [5, 5.41) is 7.49. The van der Waals surface area contributed by atoms with Gasteiger partial charge in [-0.05, 0) is 30.7 Å². The first-order chi connectivity index (χ1) is 11.2. The highest BCUT2D eigenvalue weighted by molar-refractivity contribution is 7.17. The molecule has 0 fully saturated rings. The minimum atomic E-state index is -0.0262. The molecule has 6 nitrogen and oxygen atoms in total. The monoisotopic (exact) mass is 326 g/mol. The van der Waals surface area contributed by atoms with Gasteiger partial charge in [0.2, 0.25) is 0 Å². The number of nitrogens with zero attached hydrogens (tertiary/aromatic N) is 3. The van der Waals surface area contributed by atoms with Crippen molar-refractivity contribution in [3.8, 4) is 15.6 Å². The fourth-order valence-electron chi connectivity index (χ4n) is 2.80. The number of fused-ring (bicyclic) bond motifs is 1. The first-order valence-electron chi connectivity index (χ1n) is 7.12. The third-order valence-electron chi connectivity index (χ3n) is 3.89. The lowest BCUT2D eigenvalue weighted by Gasteiger charge is -2.11. The molecular weight excluding hydrogens is 312 g/mol. The summed E-state index contributed by atoms with van der Waals surface area (Å²) < 4.78 is 5.24. The van der Waals surface area contributed by atoms with Gasteiger partial charge in [-0.15, -0.1) is 0 Å². The number of aromatic amines is 1. The molecule has 1 aliphatic heterocycles. The summed E-state index contributed by atoms with van der Waals surface area (Å²) in [7, 11) is 1.65. The maximum absolute atomic E-state index is 12.6. The van der Waals surface area contributed by atoms with Gasteiger partial charge in [0.1, 0.15) is 0 Å². The molecule has 23 heavy (non-hydrogen) atoms. The summed E-state index contributed by atoms with van der Waals surface area (Å²) in [5.74, 6) is -0.0262. The second-order valence-electron chi connectivity index (χ2n) is 5.32. The zero-order valence-corrected chi connectivity index (χ0v) is 13.5. The van der Waals surface area contributed by atoms with Crippen LogP contribution in [0.25, 0.3) is 10.6 Å². The Morgan fingerprint density at radius 3 is 2.96 bits per heavy atom. The summed E-state index contributed by atoms with van der Waals surface area (Å²) in [4.78, 5) is 20.1. The van der Waals surface area contributed by atoms with Gasteiger partial charge in [-0.2, -0.15) is 5.10 Å². The number of H-pyrrole nitrogens is 1. The number of carbonyl (C=O) groups is 1. The van der Waals surface area contributed by atoms with Gasteiger partial charge in [0.15, 0.2) is 5.06 Å². The van der Waals surface area contributed by atoms with E-state index < -0.39 is 0 Å². The topological polar surface area (TPSA) is 71.1 Å². The molecule has 3 aromatic rings. The van der Waals surface area contributed by atoms with Crippen molar-refractivity contribution < 1.29 is 9.53 Å². The number of nitrogens with one attached hydrogen (secondary N) is 1. The van der Waals surface area contributed by atoms with Crippen LogP contribution in [0, 0.1) is 6.92 Å². The number of ether oxygens (including phenoxy) is 1. The average molecular weight is 326 g/mol. The lowest BCUT2D eigenvalue weighted by atomic mass is 10.1. The smallest absolute Gasteiger partial charge is 0.260 e. The highest BCUT2D eigenvalue weighted by atomic mass is 32.1. The van der Waals surface area contributed by atoms with Gasteiger partial charge < -0.3 is 4.74 Å². The number of anilines is 1. The summed E-state index contributed by atoms with van der Waals surface area (Å²) in [6, 6.07) is 5.87. The van der Waals surface area contributed by atoms with Gasteiger partial charge in [0.25, 0.3) is 5.91 Å². The van der Waals surface area contributed by atoms with E-state index in [0.29, 0.717) is 12.1 Å². The van der Waals surface area contributed by atoms with Crippen LogP contribution in [0.2, 0.25) is 0 Å². The molecule has 0 bridgehead atoms. The maximum atomic E-state index is 12.6. The Hall–Kier alpha value is -2.67. The van der Waals surface area contributed by atoms with Crippen molar-refractivity contribution in [1.29, 1.82) is 0 Å². The Kier molecular flexibility index (Phi) is 3.16. The second kappa shape index (κ2) is 5.20. The Morgan fingerprint density at radius 2 is 2.26 bits per heavy atom. The number of aryl methyl sites for hydroxylation is 1. The highest BCUT2D eigenvalue weighted by Crippen LogP contribution is 2.35. The molecule has 1 N–H and O–H groups in total. The molecule has 4 heterocycles. The fraction of sp³-hybridized carbons (Fsp3) is 0.188. The van der Waals surface area contributed by atoms with E-state index in [1.165, 1.54) is 0 Å². The van der Waals surface area contributed by atoms with E-state index in [0.717, 1.165) is 32.6 Å². The number of pyridine rings is 1. The van der Waals surface area contributed by atoms with Crippen LogP contribution in [0.3, 0.4) is 0 Å². The molecule has 116 valence electrons. The van der Waals surface area contributed by atoms with Crippen LogP contribution in [0.5, 0.6) is 5.06 Å². The highest BCUT2D eigenvalue weighted by Gasteiger charge is 2.32. The molecule has 0 unspecified atom stereocenters. The SMILES string of the molecule is COc1ccc(-c2cc(C)c3c(n2)CN(c2cn[nH]c2)C3=O)s1. The molecule has 0 saturated carbocycles. The molecule has 0 aromatic carbocycles. The molecule has 1 aliphatic rings. The molecule has 0 saturated heterocycles. The van der Waals surface area contributed by atoms with Crippen LogP contribution in [0.4, 0.5) is 5.69 Å². The third kappa shape index (κ3) is 2.20. The Morgan fingerprint density at radius 1 is 1.39 bits per heavy atom. The normalized spacial score (nSPS) is 13.5. The summed E-state index contributed by atoms with van der Waals surface area (Å²) >= 11 is 1.54. The minimum Gasteiger partial charge on any atom is -0.487 e. The largest absolute Gasteiger partial charge is 0.487 e. The van der Waals surface area contributed by atoms with Crippen molar-refractivity contribution >= 4 is 22.9 Å². The maximum Gasteiger partial charge on any atom is 0.260 e. The van der Waals surface area contributed by atoms with Gasteiger partial charge in [-0.3, -0.25) is 14.8 Å². The number of aromatic nitrogens is 3. The Labute approximate surface area is 136 Å². The Bertz CT molecular complexity index is 886. The molecule has 0 spiro atoms.